The second-order valence-electron chi connectivity index (χ2n) is 5.67. The molecule has 0 atom stereocenters. The quantitative estimate of drug-likeness (QED) is 0.759. The molecule has 1 aromatic carbocycles. The average Bonchev–Trinajstić information content (AvgIpc) is 3.10. The topological polar surface area (TPSA) is 12.0 Å². The van der Waals surface area contributed by atoms with Crippen LogP contribution in [0.3, 0.4) is 0 Å². The summed E-state index contributed by atoms with van der Waals surface area (Å²) < 4.78 is 50.9. The summed E-state index contributed by atoms with van der Waals surface area (Å²) in [6.07, 6.45) is 0.00378. The lowest BCUT2D eigenvalue weighted by atomic mass is 10.0. The minimum absolute atomic E-state index is 0.342. The van der Waals surface area contributed by atoms with Gasteiger partial charge in [0, 0.05) is 13.1 Å². The molecule has 0 radical (unpaired) electrons. The molecule has 0 heterocycles. The Morgan fingerprint density at radius 1 is 1.25 bits per heavy atom. The fourth-order valence-electron chi connectivity index (χ4n) is 2.59. The van der Waals surface area contributed by atoms with Crippen LogP contribution in [-0.2, 0) is 12.7 Å². The summed E-state index contributed by atoms with van der Waals surface area (Å²) in [6.45, 7) is 3.30. The van der Waals surface area contributed by atoms with Crippen LogP contribution in [0.2, 0.25) is 0 Å². The molecule has 0 saturated heterocycles. The Morgan fingerprint density at radius 3 is 2.50 bits per heavy atom. The van der Waals surface area contributed by atoms with Gasteiger partial charge in [-0.15, -0.1) is 0 Å². The maximum absolute atomic E-state index is 13.1. The number of alkyl halides is 3. The molecule has 0 aromatic heterocycles. The Bertz CT molecular complexity index is 463. The number of hydrogen-bond donors (Lipinski definition) is 1. The third kappa shape index (κ3) is 3.72. The summed E-state index contributed by atoms with van der Waals surface area (Å²) in [4.78, 5) is 0. The number of nitrogens with one attached hydrogen (secondary N) is 1. The highest BCUT2D eigenvalue weighted by Gasteiger charge is 2.40. The molecular weight excluding hydrogens is 270 g/mol. The van der Waals surface area contributed by atoms with Gasteiger partial charge in [-0.1, -0.05) is 19.4 Å². The van der Waals surface area contributed by atoms with Crippen molar-refractivity contribution in [1.82, 2.24) is 5.32 Å². The molecule has 1 aliphatic carbocycles. The number of hydrogen-bond acceptors (Lipinski definition) is 1. The smallest absolute Gasteiger partial charge is 0.312 e. The molecule has 1 aromatic rings. The minimum Gasteiger partial charge on any atom is -0.312 e. The van der Waals surface area contributed by atoms with Crippen LogP contribution in [0.5, 0.6) is 0 Å². The van der Waals surface area contributed by atoms with E-state index in [0.29, 0.717) is 17.5 Å². The zero-order chi connectivity index (χ0) is 14.8. The van der Waals surface area contributed by atoms with E-state index in [4.69, 9.17) is 0 Å². The lowest BCUT2D eigenvalue weighted by molar-refractivity contribution is -0.140. The number of benzene rings is 1. The molecule has 1 nitrogen and oxygen atoms in total. The van der Waals surface area contributed by atoms with Crippen molar-refractivity contribution in [3.8, 4) is 0 Å². The lowest BCUT2D eigenvalue weighted by Gasteiger charge is -2.15. The predicted molar refractivity (Wildman–Crippen MR) is 69.7 cm³/mol. The highest BCUT2D eigenvalue weighted by molar-refractivity contribution is 5.27. The number of halogens is 4. The highest BCUT2D eigenvalue weighted by Crippen LogP contribution is 2.48. The van der Waals surface area contributed by atoms with Crippen molar-refractivity contribution in [3.05, 3.63) is 35.1 Å². The molecule has 0 unspecified atom stereocenters. The minimum atomic E-state index is -4.64. The van der Waals surface area contributed by atoms with Crippen molar-refractivity contribution < 1.29 is 17.6 Å². The van der Waals surface area contributed by atoms with Gasteiger partial charge in [0.2, 0.25) is 0 Å². The Labute approximate surface area is 116 Å². The van der Waals surface area contributed by atoms with Gasteiger partial charge in [-0.2, -0.15) is 13.2 Å². The monoisotopic (exact) mass is 289 g/mol. The van der Waals surface area contributed by atoms with Gasteiger partial charge in [0.1, 0.15) is 5.82 Å². The fourth-order valence-corrected chi connectivity index (χ4v) is 2.59. The second-order valence-corrected chi connectivity index (χ2v) is 5.67. The number of rotatable bonds is 6. The van der Waals surface area contributed by atoms with Gasteiger partial charge in [0.25, 0.3) is 0 Å². The van der Waals surface area contributed by atoms with E-state index in [-0.39, 0.29) is 0 Å². The predicted octanol–water partition coefficient (Wildman–Crippen LogP) is 4.51. The molecular formula is C15H19F4N. The van der Waals surface area contributed by atoms with E-state index >= 15 is 0 Å². The van der Waals surface area contributed by atoms with Crippen molar-refractivity contribution >= 4 is 0 Å². The molecule has 5 heteroatoms. The van der Waals surface area contributed by atoms with Crippen LogP contribution in [-0.4, -0.2) is 6.54 Å². The molecule has 1 saturated carbocycles. The first-order chi connectivity index (χ1) is 9.36. The van der Waals surface area contributed by atoms with E-state index in [1.54, 1.807) is 0 Å². The molecule has 0 spiro atoms. The molecule has 0 amide bonds. The van der Waals surface area contributed by atoms with E-state index in [2.05, 4.69) is 12.2 Å². The van der Waals surface area contributed by atoms with Crippen molar-refractivity contribution in [1.29, 1.82) is 0 Å². The Hall–Kier alpha value is -1.10. The largest absolute Gasteiger partial charge is 0.419 e. The van der Waals surface area contributed by atoms with Crippen LogP contribution < -0.4 is 5.32 Å². The zero-order valence-corrected chi connectivity index (χ0v) is 11.5. The van der Waals surface area contributed by atoms with Gasteiger partial charge in [-0.25, -0.2) is 4.39 Å². The van der Waals surface area contributed by atoms with E-state index in [1.165, 1.54) is 18.9 Å². The first kappa shape index (κ1) is 15.3. The Balaban J connectivity index is 1.94. The second kappa shape index (κ2) is 5.72. The molecule has 0 aliphatic heterocycles. The summed E-state index contributed by atoms with van der Waals surface area (Å²) in [5, 5.41) is 3.20. The van der Waals surface area contributed by atoms with Crippen molar-refractivity contribution in [3.63, 3.8) is 0 Å². The van der Waals surface area contributed by atoms with Crippen LogP contribution in [0, 0.1) is 11.2 Å². The molecule has 1 aliphatic rings. The normalized spacial score (nSPS) is 17.2. The lowest BCUT2D eigenvalue weighted by Crippen LogP contribution is -2.23. The molecule has 20 heavy (non-hydrogen) atoms. The summed E-state index contributed by atoms with van der Waals surface area (Å²) in [6, 6.07) is 3.18. The van der Waals surface area contributed by atoms with Crippen LogP contribution in [0.4, 0.5) is 17.6 Å². The van der Waals surface area contributed by atoms with Crippen molar-refractivity contribution in [2.75, 3.05) is 6.54 Å². The Morgan fingerprint density at radius 2 is 1.95 bits per heavy atom. The van der Waals surface area contributed by atoms with Crippen molar-refractivity contribution in [2.45, 2.75) is 45.3 Å². The van der Waals surface area contributed by atoms with Gasteiger partial charge in [0.05, 0.1) is 5.56 Å². The summed E-state index contributed by atoms with van der Waals surface area (Å²) >= 11 is 0. The van der Waals surface area contributed by atoms with E-state index < -0.39 is 17.6 Å². The Kier molecular flexibility index (Phi) is 4.37. The van der Waals surface area contributed by atoms with E-state index in [1.807, 2.05) is 0 Å². The van der Waals surface area contributed by atoms with Gasteiger partial charge >= 0.3 is 6.18 Å². The van der Waals surface area contributed by atoms with Crippen LogP contribution in [0.1, 0.15) is 43.7 Å². The van der Waals surface area contributed by atoms with Crippen LogP contribution in [0.15, 0.2) is 18.2 Å². The molecule has 1 N–H and O–H groups in total. The van der Waals surface area contributed by atoms with Crippen LogP contribution in [0.25, 0.3) is 0 Å². The molecule has 2 rings (SSSR count). The van der Waals surface area contributed by atoms with Gasteiger partial charge < -0.3 is 5.32 Å². The zero-order valence-electron chi connectivity index (χ0n) is 11.5. The summed E-state index contributed by atoms with van der Waals surface area (Å²) in [5.74, 6) is -1.22. The summed E-state index contributed by atoms with van der Waals surface area (Å²) in [5.41, 5.74) is -0.376. The SMILES string of the molecule is CCCC1(CNCc2ccc(F)c(C(F)(F)F)c2)CC1. The van der Waals surface area contributed by atoms with Gasteiger partial charge in [0.15, 0.2) is 0 Å². The summed E-state index contributed by atoms with van der Waals surface area (Å²) in [7, 11) is 0. The third-order valence-corrected chi connectivity index (χ3v) is 3.90. The maximum Gasteiger partial charge on any atom is 0.419 e. The first-order valence-corrected chi connectivity index (χ1v) is 6.93. The van der Waals surface area contributed by atoms with Gasteiger partial charge in [-0.3, -0.25) is 0 Å². The first-order valence-electron chi connectivity index (χ1n) is 6.93. The maximum atomic E-state index is 13.1. The highest BCUT2D eigenvalue weighted by atomic mass is 19.4. The average molecular weight is 289 g/mol. The van der Waals surface area contributed by atoms with Crippen LogP contribution >= 0.6 is 0 Å². The van der Waals surface area contributed by atoms with E-state index in [9.17, 15) is 17.6 Å². The molecule has 1 fully saturated rings. The van der Waals surface area contributed by atoms with Gasteiger partial charge in [-0.05, 0) is 42.4 Å². The van der Waals surface area contributed by atoms with E-state index in [0.717, 1.165) is 31.5 Å². The standard InChI is InChI=1S/C15H19F4N/c1-2-5-14(6-7-14)10-20-9-11-3-4-13(16)12(8-11)15(17,18)19/h3-4,8,20H,2,5-7,9-10H2,1H3. The van der Waals surface area contributed by atoms with Crippen molar-refractivity contribution in [2.24, 2.45) is 5.41 Å². The molecule has 0 bridgehead atoms. The fraction of sp³-hybridized carbons (Fsp3) is 0.600. The molecule has 112 valence electrons. The third-order valence-electron chi connectivity index (χ3n) is 3.90.